The Hall–Kier alpha value is -0.833. The number of benzene rings is 1. The van der Waals surface area contributed by atoms with Crippen molar-refractivity contribution in [3.63, 3.8) is 0 Å². The van der Waals surface area contributed by atoms with Crippen LogP contribution in [0, 0.1) is 5.82 Å². The highest BCUT2D eigenvalue weighted by Crippen LogP contribution is 2.37. The molecule has 7 heteroatoms. The third kappa shape index (κ3) is 5.84. The molecular weight excluding hydrogens is 379 g/mol. The summed E-state index contributed by atoms with van der Waals surface area (Å²) in [5.74, 6) is -0.272. The first-order valence-electron chi connectivity index (χ1n) is 9.79. The van der Waals surface area contributed by atoms with Crippen LogP contribution in [0.4, 0.5) is 4.39 Å². The summed E-state index contributed by atoms with van der Waals surface area (Å²) < 4.78 is 43.5. The van der Waals surface area contributed by atoms with E-state index < -0.39 is 14.6 Å². The lowest BCUT2D eigenvalue weighted by Gasteiger charge is -2.42. The highest BCUT2D eigenvalue weighted by molar-refractivity contribution is 6.74. The molecule has 28 heavy (non-hydrogen) atoms. The van der Waals surface area contributed by atoms with Crippen LogP contribution >= 0.6 is 0 Å². The van der Waals surface area contributed by atoms with Gasteiger partial charge in [0.1, 0.15) is 18.0 Å². The molecule has 0 bridgehead atoms. The Labute approximate surface area is 169 Å². The van der Waals surface area contributed by atoms with Crippen LogP contribution in [0.3, 0.4) is 0 Å². The van der Waals surface area contributed by atoms with E-state index in [0.717, 1.165) is 0 Å². The van der Waals surface area contributed by atoms with E-state index in [4.69, 9.17) is 23.4 Å². The second-order valence-corrected chi connectivity index (χ2v) is 13.6. The van der Waals surface area contributed by atoms with Crippen LogP contribution in [0.25, 0.3) is 0 Å². The molecule has 1 aromatic rings. The van der Waals surface area contributed by atoms with Crippen LogP contribution in [0.15, 0.2) is 24.3 Å². The maximum Gasteiger partial charge on any atom is 0.192 e. The lowest BCUT2D eigenvalue weighted by Crippen LogP contribution is -2.53. The Bertz CT molecular complexity index is 619. The van der Waals surface area contributed by atoms with Gasteiger partial charge in [-0.1, -0.05) is 39.0 Å². The molecule has 2 rings (SSSR count). The molecule has 1 aromatic carbocycles. The fraction of sp³-hybridized carbons (Fsp3) is 0.714. The van der Waals surface area contributed by atoms with Crippen LogP contribution in [0.2, 0.25) is 18.1 Å². The van der Waals surface area contributed by atoms with Gasteiger partial charge in [-0.05, 0) is 24.2 Å². The molecule has 1 saturated heterocycles. The SMILES string of the molecule is CO[C@H]1O[C@H](CO[Si](C)(C)C(C)(C)C)[C@@H](OCc2ccccc2F)C[C@H]1OC. The Morgan fingerprint density at radius 3 is 2.36 bits per heavy atom. The molecule has 0 amide bonds. The average molecular weight is 415 g/mol. The molecule has 0 N–H and O–H groups in total. The summed E-state index contributed by atoms with van der Waals surface area (Å²) in [5.41, 5.74) is 0.523. The first-order valence-corrected chi connectivity index (χ1v) is 12.7. The van der Waals surface area contributed by atoms with Crippen LogP contribution in [-0.2, 0) is 30.0 Å². The Morgan fingerprint density at radius 2 is 1.79 bits per heavy atom. The topological polar surface area (TPSA) is 46.2 Å². The quantitative estimate of drug-likeness (QED) is 0.586. The average Bonchev–Trinajstić information content (AvgIpc) is 2.64. The monoisotopic (exact) mass is 414 g/mol. The number of halogens is 1. The van der Waals surface area contributed by atoms with Crippen molar-refractivity contribution in [2.45, 2.75) is 76.5 Å². The van der Waals surface area contributed by atoms with E-state index in [1.807, 2.05) is 0 Å². The zero-order valence-corrected chi connectivity index (χ0v) is 19.2. The van der Waals surface area contributed by atoms with E-state index in [1.165, 1.54) is 6.07 Å². The van der Waals surface area contributed by atoms with Gasteiger partial charge in [0, 0.05) is 26.2 Å². The highest BCUT2D eigenvalue weighted by atomic mass is 28.4. The van der Waals surface area contributed by atoms with Crippen molar-refractivity contribution in [2.24, 2.45) is 0 Å². The molecule has 0 radical (unpaired) electrons. The van der Waals surface area contributed by atoms with Gasteiger partial charge in [-0.25, -0.2) is 4.39 Å². The minimum absolute atomic E-state index is 0.0981. The van der Waals surface area contributed by atoms with Gasteiger partial charge in [0.2, 0.25) is 0 Å². The minimum atomic E-state index is -1.94. The molecule has 1 aliphatic rings. The molecule has 0 aliphatic carbocycles. The molecule has 1 fully saturated rings. The molecule has 160 valence electrons. The number of ether oxygens (including phenoxy) is 4. The van der Waals surface area contributed by atoms with Crippen molar-refractivity contribution in [1.29, 1.82) is 0 Å². The van der Waals surface area contributed by atoms with E-state index in [9.17, 15) is 4.39 Å². The highest BCUT2D eigenvalue weighted by Gasteiger charge is 2.42. The molecule has 0 spiro atoms. The van der Waals surface area contributed by atoms with E-state index in [2.05, 4.69) is 33.9 Å². The number of methoxy groups -OCH3 is 2. The predicted octanol–water partition coefficient (Wildman–Crippen LogP) is 4.51. The van der Waals surface area contributed by atoms with Crippen LogP contribution in [0.5, 0.6) is 0 Å². The van der Waals surface area contributed by atoms with Gasteiger partial charge in [0.05, 0.1) is 19.3 Å². The summed E-state index contributed by atoms with van der Waals surface area (Å²) in [6.07, 6.45) is -0.723. The number of hydrogen-bond donors (Lipinski definition) is 0. The maximum atomic E-state index is 14.0. The zero-order chi connectivity index (χ0) is 20.9. The number of rotatable bonds is 8. The van der Waals surface area contributed by atoms with Crippen molar-refractivity contribution in [1.82, 2.24) is 0 Å². The molecule has 1 heterocycles. The van der Waals surface area contributed by atoms with Crippen molar-refractivity contribution in [2.75, 3.05) is 20.8 Å². The number of hydrogen-bond acceptors (Lipinski definition) is 5. The van der Waals surface area contributed by atoms with E-state index >= 15 is 0 Å². The maximum absolute atomic E-state index is 14.0. The van der Waals surface area contributed by atoms with Crippen molar-refractivity contribution >= 4 is 8.32 Å². The summed E-state index contributed by atoms with van der Waals surface area (Å²) >= 11 is 0. The Morgan fingerprint density at radius 1 is 1.11 bits per heavy atom. The molecule has 0 unspecified atom stereocenters. The van der Waals surface area contributed by atoms with Gasteiger partial charge in [0.15, 0.2) is 14.6 Å². The molecular formula is C21H35FO5Si. The molecule has 0 saturated carbocycles. The van der Waals surface area contributed by atoms with E-state index in [-0.39, 0.29) is 35.8 Å². The second-order valence-electron chi connectivity index (χ2n) is 8.80. The van der Waals surface area contributed by atoms with Gasteiger partial charge < -0.3 is 23.4 Å². The minimum Gasteiger partial charge on any atom is -0.414 e. The Kier molecular flexibility index (Phi) is 8.19. The normalized spacial score (nSPS) is 26.4. The van der Waals surface area contributed by atoms with Gasteiger partial charge in [-0.2, -0.15) is 0 Å². The summed E-state index contributed by atoms with van der Waals surface area (Å²) in [5, 5.41) is 0.0981. The summed E-state index contributed by atoms with van der Waals surface area (Å²) in [7, 11) is 1.29. The van der Waals surface area contributed by atoms with E-state index in [0.29, 0.717) is 18.6 Å². The standard InChI is InChI=1S/C21H35FO5Si/c1-21(2,3)28(6,7)26-14-19-17(12-18(23-4)20(24-5)27-19)25-13-15-10-8-9-11-16(15)22/h8-11,17-20H,12-14H2,1-7H3/t17-,18+,19+,20-/m0/s1. The zero-order valence-electron chi connectivity index (χ0n) is 18.2. The molecule has 5 nitrogen and oxygen atoms in total. The molecule has 4 atom stereocenters. The van der Waals surface area contributed by atoms with Crippen molar-refractivity contribution in [3.05, 3.63) is 35.6 Å². The first kappa shape index (κ1) is 23.4. The Balaban J connectivity index is 2.09. The predicted molar refractivity (Wildman–Crippen MR) is 109 cm³/mol. The molecule has 0 aromatic heterocycles. The fourth-order valence-corrected chi connectivity index (χ4v) is 3.91. The first-order chi connectivity index (χ1) is 13.1. The fourth-order valence-electron chi connectivity index (χ4n) is 2.90. The smallest absolute Gasteiger partial charge is 0.192 e. The van der Waals surface area contributed by atoms with Gasteiger partial charge in [-0.15, -0.1) is 0 Å². The lowest BCUT2D eigenvalue weighted by atomic mass is 10.0. The van der Waals surface area contributed by atoms with Crippen molar-refractivity contribution < 1.29 is 27.8 Å². The largest absolute Gasteiger partial charge is 0.414 e. The van der Waals surface area contributed by atoms with Gasteiger partial charge >= 0.3 is 0 Å². The third-order valence-corrected chi connectivity index (χ3v) is 10.4. The van der Waals surface area contributed by atoms with E-state index in [1.54, 1.807) is 32.4 Å². The summed E-state index contributed by atoms with van der Waals surface area (Å²) in [4.78, 5) is 0. The third-order valence-electron chi connectivity index (χ3n) is 5.85. The van der Waals surface area contributed by atoms with Crippen LogP contribution < -0.4 is 0 Å². The van der Waals surface area contributed by atoms with Crippen molar-refractivity contribution in [3.8, 4) is 0 Å². The lowest BCUT2D eigenvalue weighted by molar-refractivity contribution is -0.273. The van der Waals surface area contributed by atoms with Crippen LogP contribution in [-0.4, -0.2) is 53.7 Å². The second kappa shape index (κ2) is 9.78. The van der Waals surface area contributed by atoms with Crippen LogP contribution in [0.1, 0.15) is 32.8 Å². The summed E-state index contributed by atoms with van der Waals surface area (Å²) in [6, 6.07) is 6.64. The van der Waals surface area contributed by atoms with Gasteiger partial charge in [-0.3, -0.25) is 0 Å². The van der Waals surface area contributed by atoms with Gasteiger partial charge in [0.25, 0.3) is 0 Å². The molecule has 1 aliphatic heterocycles. The summed E-state index contributed by atoms with van der Waals surface area (Å²) in [6.45, 7) is 11.6.